The van der Waals surface area contributed by atoms with Gasteiger partial charge in [-0.05, 0) is 40.0 Å². The van der Waals surface area contributed by atoms with E-state index in [1.807, 2.05) is 31.7 Å². The molecule has 1 aliphatic heterocycles. The topological polar surface area (TPSA) is 108 Å². The Kier molecular flexibility index (Phi) is 5.24. The largest absolute Gasteiger partial charge is 0.444 e. The molecule has 30 heavy (non-hydrogen) atoms. The van der Waals surface area contributed by atoms with Gasteiger partial charge in [0.2, 0.25) is 5.95 Å². The van der Waals surface area contributed by atoms with E-state index >= 15 is 0 Å². The monoisotopic (exact) mass is 409 g/mol. The van der Waals surface area contributed by atoms with Crippen molar-refractivity contribution in [2.24, 2.45) is 0 Å². The van der Waals surface area contributed by atoms with Crippen LogP contribution in [0.2, 0.25) is 0 Å². The molecule has 2 aromatic heterocycles. The number of terminal acetylenes is 1. The SMILES string of the molecule is C#Cc1cnc(N2CC[C@H](NC(=O)OC(C)(C)C)C2)nc1Nc1cc(C2CC2)[nH]n1. The lowest BCUT2D eigenvalue weighted by Gasteiger charge is -2.22. The summed E-state index contributed by atoms with van der Waals surface area (Å²) in [5.74, 6) is 4.98. The van der Waals surface area contributed by atoms with Crippen molar-refractivity contribution in [3.8, 4) is 12.3 Å². The second-order valence-corrected chi connectivity index (χ2v) is 8.76. The van der Waals surface area contributed by atoms with Gasteiger partial charge in [-0.2, -0.15) is 10.1 Å². The van der Waals surface area contributed by atoms with E-state index < -0.39 is 11.7 Å². The number of hydrogen-bond acceptors (Lipinski definition) is 7. The maximum atomic E-state index is 12.0. The first kappa shape index (κ1) is 20.0. The summed E-state index contributed by atoms with van der Waals surface area (Å²) < 4.78 is 5.34. The van der Waals surface area contributed by atoms with Gasteiger partial charge in [-0.1, -0.05) is 5.92 Å². The molecule has 3 heterocycles. The van der Waals surface area contributed by atoms with Crippen molar-refractivity contribution in [2.45, 2.75) is 57.6 Å². The first-order valence-corrected chi connectivity index (χ1v) is 10.2. The molecule has 2 fully saturated rings. The number of amides is 1. The molecule has 1 aliphatic carbocycles. The third-order valence-corrected chi connectivity index (χ3v) is 4.98. The summed E-state index contributed by atoms with van der Waals surface area (Å²) in [7, 11) is 0. The summed E-state index contributed by atoms with van der Waals surface area (Å²) in [5.41, 5.74) is 1.17. The summed E-state index contributed by atoms with van der Waals surface area (Å²) in [4.78, 5) is 23.1. The van der Waals surface area contributed by atoms with E-state index in [1.165, 1.54) is 12.8 Å². The Labute approximate surface area is 176 Å². The Balaban J connectivity index is 1.42. The van der Waals surface area contributed by atoms with Crippen LogP contribution in [0.25, 0.3) is 0 Å². The van der Waals surface area contributed by atoms with Gasteiger partial charge in [0.1, 0.15) is 5.60 Å². The van der Waals surface area contributed by atoms with Gasteiger partial charge in [-0.3, -0.25) is 5.10 Å². The molecule has 9 nitrogen and oxygen atoms in total. The molecule has 1 saturated carbocycles. The van der Waals surface area contributed by atoms with Crippen LogP contribution in [0, 0.1) is 12.3 Å². The minimum Gasteiger partial charge on any atom is -0.444 e. The highest BCUT2D eigenvalue weighted by atomic mass is 16.6. The summed E-state index contributed by atoms with van der Waals surface area (Å²) >= 11 is 0. The van der Waals surface area contributed by atoms with Gasteiger partial charge in [-0.15, -0.1) is 6.42 Å². The number of nitrogens with zero attached hydrogens (tertiary/aromatic N) is 4. The number of nitrogens with one attached hydrogen (secondary N) is 3. The maximum absolute atomic E-state index is 12.0. The highest BCUT2D eigenvalue weighted by Gasteiger charge is 2.28. The zero-order chi connectivity index (χ0) is 21.3. The Bertz CT molecular complexity index is 968. The fourth-order valence-electron chi connectivity index (χ4n) is 3.39. The molecular weight excluding hydrogens is 382 g/mol. The molecule has 0 radical (unpaired) electrons. The molecule has 0 aromatic carbocycles. The molecule has 158 valence electrons. The first-order chi connectivity index (χ1) is 14.3. The fourth-order valence-corrected chi connectivity index (χ4v) is 3.39. The summed E-state index contributed by atoms with van der Waals surface area (Å²) in [6, 6.07) is 1.97. The quantitative estimate of drug-likeness (QED) is 0.652. The minimum absolute atomic E-state index is 0.0281. The third-order valence-electron chi connectivity index (χ3n) is 4.98. The predicted molar refractivity (Wildman–Crippen MR) is 114 cm³/mol. The molecule has 4 rings (SSSR count). The van der Waals surface area contributed by atoms with Gasteiger partial charge >= 0.3 is 6.09 Å². The molecule has 1 amide bonds. The molecular formula is C21H27N7O2. The van der Waals surface area contributed by atoms with Crippen molar-refractivity contribution >= 4 is 23.7 Å². The standard InChI is InChI=1S/C21H27N7O2/c1-5-13-11-22-19(25-18(13)24-17-10-16(26-27-17)14-6-7-14)28-9-8-15(12-28)23-20(29)30-21(2,3)4/h1,10-11,14-15H,6-9,12H2,2-4H3,(H,23,29)(H2,22,24,25,26,27)/t15-/m0/s1. The van der Waals surface area contributed by atoms with Crippen LogP contribution in [-0.2, 0) is 4.74 Å². The summed E-state index contributed by atoms with van der Waals surface area (Å²) in [6.45, 7) is 6.85. The number of ether oxygens (including phenoxy) is 1. The normalized spacial score (nSPS) is 18.7. The van der Waals surface area contributed by atoms with Gasteiger partial charge in [0.25, 0.3) is 0 Å². The highest BCUT2D eigenvalue weighted by Crippen LogP contribution is 2.39. The lowest BCUT2D eigenvalue weighted by atomic mass is 10.2. The Morgan fingerprint density at radius 1 is 1.37 bits per heavy atom. The molecule has 0 bridgehead atoms. The van der Waals surface area contributed by atoms with Crippen LogP contribution in [0.1, 0.15) is 57.2 Å². The molecule has 9 heteroatoms. The van der Waals surface area contributed by atoms with Crippen LogP contribution in [0.15, 0.2) is 12.3 Å². The molecule has 0 unspecified atom stereocenters. The third kappa shape index (κ3) is 4.82. The first-order valence-electron chi connectivity index (χ1n) is 10.2. The molecule has 3 N–H and O–H groups in total. The smallest absolute Gasteiger partial charge is 0.407 e. The minimum atomic E-state index is -0.525. The second-order valence-electron chi connectivity index (χ2n) is 8.76. The molecule has 1 saturated heterocycles. The van der Waals surface area contributed by atoms with Crippen LogP contribution in [-0.4, -0.2) is 51.0 Å². The van der Waals surface area contributed by atoms with E-state index in [-0.39, 0.29) is 6.04 Å². The Hall–Kier alpha value is -3.28. The van der Waals surface area contributed by atoms with Gasteiger partial charge < -0.3 is 20.3 Å². The van der Waals surface area contributed by atoms with Crippen molar-refractivity contribution in [3.05, 3.63) is 23.5 Å². The number of hydrogen-bond donors (Lipinski definition) is 3. The Morgan fingerprint density at radius 3 is 2.87 bits per heavy atom. The zero-order valence-electron chi connectivity index (χ0n) is 17.5. The number of aromatic nitrogens is 4. The van der Waals surface area contributed by atoms with Crippen LogP contribution < -0.4 is 15.5 Å². The predicted octanol–water partition coefficient (Wildman–Crippen LogP) is 2.91. The average Bonchev–Trinajstić information content (AvgIpc) is 3.24. The highest BCUT2D eigenvalue weighted by molar-refractivity contribution is 5.68. The van der Waals surface area contributed by atoms with Crippen molar-refractivity contribution in [2.75, 3.05) is 23.3 Å². The van der Waals surface area contributed by atoms with Crippen LogP contribution in [0.4, 0.5) is 22.4 Å². The Morgan fingerprint density at radius 2 is 2.17 bits per heavy atom. The van der Waals surface area contributed by atoms with Gasteiger partial charge in [-0.25, -0.2) is 9.78 Å². The van der Waals surface area contributed by atoms with E-state index in [2.05, 4.69) is 36.7 Å². The van der Waals surface area contributed by atoms with Crippen LogP contribution in [0.5, 0.6) is 0 Å². The number of aromatic amines is 1. The molecule has 0 spiro atoms. The molecule has 2 aromatic rings. The van der Waals surface area contributed by atoms with Crippen LogP contribution in [0.3, 0.4) is 0 Å². The number of carbonyl (C=O) groups excluding carboxylic acids is 1. The van der Waals surface area contributed by atoms with Crippen molar-refractivity contribution in [1.82, 2.24) is 25.5 Å². The number of carbonyl (C=O) groups is 1. The van der Waals surface area contributed by atoms with E-state index in [9.17, 15) is 4.79 Å². The number of rotatable bonds is 5. The number of alkyl carbamates (subject to hydrolysis) is 1. The van der Waals surface area contributed by atoms with E-state index in [1.54, 1.807) is 6.20 Å². The van der Waals surface area contributed by atoms with Gasteiger partial charge in [0, 0.05) is 30.8 Å². The zero-order valence-corrected chi connectivity index (χ0v) is 17.5. The number of anilines is 3. The van der Waals surface area contributed by atoms with Crippen molar-refractivity contribution < 1.29 is 9.53 Å². The fraction of sp³-hybridized carbons (Fsp3) is 0.524. The van der Waals surface area contributed by atoms with Crippen LogP contribution >= 0.6 is 0 Å². The second kappa shape index (κ2) is 7.86. The summed E-state index contributed by atoms with van der Waals surface area (Å²) in [5, 5.41) is 13.5. The number of H-pyrrole nitrogens is 1. The molecule has 1 atom stereocenters. The molecule has 2 aliphatic rings. The van der Waals surface area contributed by atoms with Gasteiger partial charge in [0.05, 0.1) is 17.8 Å². The summed E-state index contributed by atoms with van der Waals surface area (Å²) in [6.07, 6.45) is 10.0. The van der Waals surface area contributed by atoms with E-state index in [4.69, 9.17) is 11.2 Å². The van der Waals surface area contributed by atoms with Crippen molar-refractivity contribution in [1.29, 1.82) is 0 Å². The maximum Gasteiger partial charge on any atom is 0.407 e. The van der Waals surface area contributed by atoms with E-state index in [0.717, 1.165) is 18.7 Å². The van der Waals surface area contributed by atoms with E-state index in [0.29, 0.717) is 35.6 Å². The lowest BCUT2D eigenvalue weighted by molar-refractivity contribution is 0.0509. The van der Waals surface area contributed by atoms with Gasteiger partial charge in [0.15, 0.2) is 11.6 Å². The lowest BCUT2D eigenvalue weighted by Crippen LogP contribution is -2.40. The average molecular weight is 409 g/mol. The van der Waals surface area contributed by atoms with Crippen molar-refractivity contribution in [3.63, 3.8) is 0 Å².